The Morgan fingerprint density at radius 2 is 1.78 bits per heavy atom. The van der Waals surface area contributed by atoms with Crippen molar-refractivity contribution >= 4 is 11.9 Å². The van der Waals surface area contributed by atoms with E-state index in [1.807, 2.05) is 0 Å². The molecule has 6 nitrogen and oxygen atoms in total. The quantitative estimate of drug-likeness (QED) is 0.628. The Labute approximate surface area is 157 Å². The highest BCUT2D eigenvalue weighted by molar-refractivity contribution is 5.94. The standard InChI is InChI=1S/C21H22N2O4/c1-13(24)26-19-4-2-3-5-20(19)27-16-9-6-14(7-10-16)21(25)23-18-12-15-8-11-17(18)22-15/h2-7,9-10,15,17-18,22H,8,11-12H2,1H3,(H,23,25). The predicted molar refractivity (Wildman–Crippen MR) is 100 cm³/mol. The number of benzene rings is 2. The maximum atomic E-state index is 12.5. The summed E-state index contributed by atoms with van der Waals surface area (Å²) in [5, 5.41) is 6.65. The van der Waals surface area contributed by atoms with Gasteiger partial charge in [0, 0.05) is 30.6 Å². The van der Waals surface area contributed by atoms with E-state index in [1.165, 1.54) is 13.3 Å². The molecule has 140 valence electrons. The fraction of sp³-hybridized carbons (Fsp3) is 0.333. The Kier molecular flexibility index (Phi) is 4.81. The number of esters is 1. The van der Waals surface area contributed by atoms with Gasteiger partial charge in [-0.05, 0) is 55.7 Å². The second-order valence-electron chi connectivity index (χ2n) is 7.03. The molecule has 0 aromatic heterocycles. The molecule has 2 N–H and O–H groups in total. The number of fused-ring (bicyclic) bond motifs is 2. The van der Waals surface area contributed by atoms with Gasteiger partial charge < -0.3 is 20.1 Å². The highest BCUT2D eigenvalue weighted by atomic mass is 16.6. The average Bonchev–Trinajstić information content (AvgIpc) is 3.26. The molecule has 1 amide bonds. The summed E-state index contributed by atoms with van der Waals surface area (Å²) in [5.74, 6) is 0.885. The lowest BCUT2D eigenvalue weighted by atomic mass is 9.95. The molecule has 2 bridgehead atoms. The van der Waals surface area contributed by atoms with E-state index in [-0.39, 0.29) is 11.9 Å². The topological polar surface area (TPSA) is 76.7 Å². The van der Waals surface area contributed by atoms with Crippen molar-refractivity contribution in [1.82, 2.24) is 10.6 Å². The molecule has 2 saturated heterocycles. The lowest BCUT2D eigenvalue weighted by Crippen LogP contribution is -2.42. The number of amides is 1. The molecule has 4 rings (SSSR count). The van der Waals surface area contributed by atoms with Crippen LogP contribution in [0.15, 0.2) is 48.5 Å². The zero-order valence-corrected chi connectivity index (χ0v) is 15.1. The van der Waals surface area contributed by atoms with Gasteiger partial charge in [-0.15, -0.1) is 0 Å². The van der Waals surface area contributed by atoms with E-state index in [2.05, 4.69) is 10.6 Å². The third-order valence-electron chi connectivity index (χ3n) is 5.06. The molecule has 0 radical (unpaired) electrons. The van der Waals surface area contributed by atoms with Gasteiger partial charge in [0.05, 0.1) is 0 Å². The number of para-hydroxylation sites is 2. The third kappa shape index (κ3) is 3.95. The summed E-state index contributed by atoms with van der Waals surface area (Å²) in [6.07, 6.45) is 3.34. The molecule has 27 heavy (non-hydrogen) atoms. The molecule has 3 unspecified atom stereocenters. The van der Waals surface area contributed by atoms with Crippen LogP contribution < -0.4 is 20.1 Å². The van der Waals surface area contributed by atoms with Gasteiger partial charge in [0.15, 0.2) is 11.5 Å². The van der Waals surface area contributed by atoms with Crippen molar-refractivity contribution < 1.29 is 19.1 Å². The van der Waals surface area contributed by atoms with E-state index >= 15 is 0 Å². The molecule has 6 heteroatoms. The molecule has 2 aromatic carbocycles. The first-order valence-electron chi connectivity index (χ1n) is 9.21. The normalized spacial score (nSPS) is 23.1. The molecule has 2 fully saturated rings. The van der Waals surface area contributed by atoms with Crippen molar-refractivity contribution in [1.29, 1.82) is 0 Å². The maximum Gasteiger partial charge on any atom is 0.308 e. The first-order valence-corrected chi connectivity index (χ1v) is 9.21. The lowest BCUT2D eigenvalue weighted by molar-refractivity contribution is -0.132. The van der Waals surface area contributed by atoms with Crippen molar-refractivity contribution in [2.75, 3.05) is 0 Å². The van der Waals surface area contributed by atoms with Gasteiger partial charge in [-0.1, -0.05) is 12.1 Å². The van der Waals surface area contributed by atoms with Crippen molar-refractivity contribution in [3.8, 4) is 17.2 Å². The van der Waals surface area contributed by atoms with Crippen LogP contribution >= 0.6 is 0 Å². The average molecular weight is 366 g/mol. The number of carbonyl (C=O) groups excluding carboxylic acids is 2. The first-order chi connectivity index (χ1) is 13.1. The Bertz CT molecular complexity index is 850. The lowest BCUT2D eigenvalue weighted by Gasteiger charge is -2.21. The minimum absolute atomic E-state index is 0.0683. The van der Waals surface area contributed by atoms with Crippen LogP contribution in [0.5, 0.6) is 17.2 Å². The molecule has 2 aliphatic heterocycles. The summed E-state index contributed by atoms with van der Waals surface area (Å²) >= 11 is 0. The predicted octanol–water partition coefficient (Wildman–Crippen LogP) is 3.03. The van der Waals surface area contributed by atoms with Crippen LogP contribution in [0.3, 0.4) is 0 Å². The fourth-order valence-electron chi connectivity index (χ4n) is 3.81. The van der Waals surface area contributed by atoms with Gasteiger partial charge in [-0.3, -0.25) is 9.59 Å². The molecule has 2 aromatic rings. The Balaban J connectivity index is 1.40. The molecule has 0 spiro atoms. The first kappa shape index (κ1) is 17.5. The number of carbonyl (C=O) groups is 2. The van der Waals surface area contributed by atoms with Crippen LogP contribution in [-0.4, -0.2) is 30.0 Å². The minimum Gasteiger partial charge on any atom is -0.453 e. The fourth-order valence-corrected chi connectivity index (χ4v) is 3.81. The second kappa shape index (κ2) is 7.40. The highest BCUT2D eigenvalue weighted by Gasteiger charge is 2.39. The molecular weight excluding hydrogens is 344 g/mol. The van der Waals surface area contributed by atoms with E-state index in [9.17, 15) is 9.59 Å². The Hall–Kier alpha value is -2.86. The monoisotopic (exact) mass is 366 g/mol. The Morgan fingerprint density at radius 3 is 2.41 bits per heavy atom. The van der Waals surface area contributed by atoms with E-state index in [0.717, 1.165) is 12.8 Å². The SMILES string of the molecule is CC(=O)Oc1ccccc1Oc1ccc(C(=O)NC2CC3CCC2N3)cc1. The van der Waals surface area contributed by atoms with Crippen LogP contribution in [0.4, 0.5) is 0 Å². The Morgan fingerprint density at radius 1 is 1.04 bits per heavy atom. The zero-order chi connectivity index (χ0) is 18.8. The van der Waals surface area contributed by atoms with E-state index in [0.29, 0.717) is 34.9 Å². The molecule has 0 aliphatic carbocycles. The number of nitrogens with one attached hydrogen (secondary N) is 2. The van der Waals surface area contributed by atoms with Crippen molar-refractivity contribution in [2.45, 2.75) is 44.3 Å². The summed E-state index contributed by atoms with van der Waals surface area (Å²) in [4.78, 5) is 23.7. The number of hydrogen-bond acceptors (Lipinski definition) is 5. The van der Waals surface area contributed by atoms with Crippen LogP contribution in [0.2, 0.25) is 0 Å². The molecule has 3 atom stereocenters. The highest BCUT2D eigenvalue weighted by Crippen LogP contribution is 2.32. The molecule has 0 saturated carbocycles. The minimum atomic E-state index is -0.409. The number of hydrogen-bond donors (Lipinski definition) is 2. The number of rotatable bonds is 5. The summed E-state index contributed by atoms with van der Waals surface area (Å²) in [6, 6.07) is 15.1. The van der Waals surface area contributed by atoms with Crippen molar-refractivity contribution in [3.05, 3.63) is 54.1 Å². The van der Waals surface area contributed by atoms with Gasteiger partial charge >= 0.3 is 5.97 Å². The second-order valence-corrected chi connectivity index (χ2v) is 7.03. The van der Waals surface area contributed by atoms with E-state index in [1.54, 1.807) is 48.5 Å². The van der Waals surface area contributed by atoms with Gasteiger partial charge in [-0.25, -0.2) is 0 Å². The summed E-state index contributed by atoms with van der Waals surface area (Å²) < 4.78 is 10.9. The van der Waals surface area contributed by atoms with Crippen molar-refractivity contribution in [2.24, 2.45) is 0 Å². The zero-order valence-electron chi connectivity index (χ0n) is 15.1. The summed E-state index contributed by atoms with van der Waals surface area (Å²) in [5.41, 5.74) is 0.596. The largest absolute Gasteiger partial charge is 0.453 e. The number of ether oxygens (including phenoxy) is 2. The van der Waals surface area contributed by atoms with Crippen LogP contribution in [0.1, 0.15) is 36.5 Å². The van der Waals surface area contributed by atoms with E-state index in [4.69, 9.17) is 9.47 Å². The van der Waals surface area contributed by atoms with Gasteiger partial charge in [0.1, 0.15) is 5.75 Å². The van der Waals surface area contributed by atoms with Crippen LogP contribution in [-0.2, 0) is 4.79 Å². The van der Waals surface area contributed by atoms with Gasteiger partial charge in [0.2, 0.25) is 0 Å². The maximum absolute atomic E-state index is 12.5. The third-order valence-corrected chi connectivity index (χ3v) is 5.06. The smallest absolute Gasteiger partial charge is 0.308 e. The van der Waals surface area contributed by atoms with E-state index < -0.39 is 5.97 Å². The summed E-state index contributed by atoms with van der Waals surface area (Å²) in [6.45, 7) is 1.34. The van der Waals surface area contributed by atoms with Crippen LogP contribution in [0.25, 0.3) is 0 Å². The van der Waals surface area contributed by atoms with Crippen LogP contribution in [0, 0.1) is 0 Å². The molecule has 2 heterocycles. The van der Waals surface area contributed by atoms with Crippen molar-refractivity contribution in [3.63, 3.8) is 0 Å². The van der Waals surface area contributed by atoms with Gasteiger partial charge in [0.25, 0.3) is 5.91 Å². The van der Waals surface area contributed by atoms with Gasteiger partial charge in [-0.2, -0.15) is 0 Å². The molecule has 2 aliphatic rings. The summed E-state index contributed by atoms with van der Waals surface area (Å²) in [7, 11) is 0. The molecular formula is C21H22N2O4.